The lowest BCUT2D eigenvalue weighted by Gasteiger charge is -2.17. The molecule has 4 heterocycles. The molecule has 6 rings (SSSR count). The molecule has 3 aromatic rings. The van der Waals surface area contributed by atoms with E-state index in [2.05, 4.69) is 10.6 Å². The number of fused-ring (bicyclic) bond motifs is 5. The molecule has 27 heavy (non-hydrogen) atoms. The molecule has 0 saturated heterocycles. The molecule has 1 unspecified atom stereocenters. The number of ether oxygens (including phenoxy) is 4. The summed E-state index contributed by atoms with van der Waals surface area (Å²) in [6, 6.07) is 13.6. The first kappa shape index (κ1) is 14.7. The van der Waals surface area contributed by atoms with Crippen molar-refractivity contribution < 1.29 is 23.7 Å². The fourth-order valence-electron chi connectivity index (χ4n) is 4.07. The van der Waals surface area contributed by atoms with E-state index in [4.69, 9.17) is 18.9 Å². The number of ketones is 1. The smallest absolute Gasteiger partial charge is 0.231 e. The summed E-state index contributed by atoms with van der Waals surface area (Å²) in [5, 5.41) is 0. The van der Waals surface area contributed by atoms with Crippen molar-refractivity contribution in [3.05, 3.63) is 65.5 Å². The third kappa shape index (κ3) is 2.10. The lowest BCUT2D eigenvalue weighted by Crippen LogP contribution is -2.07. The Morgan fingerprint density at radius 1 is 0.852 bits per heavy atom. The van der Waals surface area contributed by atoms with Crippen molar-refractivity contribution in [2.45, 2.75) is 12.3 Å². The molecule has 1 atom stereocenters. The number of carbonyl (C=O) groups excluding carboxylic acids is 1. The predicted octanol–water partition coefficient (Wildman–Crippen LogP) is 3.65. The van der Waals surface area contributed by atoms with E-state index in [-0.39, 0.29) is 25.3 Å². The number of benzene rings is 2. The van der Waals surface area contributed by atoms with Crippen LogP contribution in [0.25, 0.3) is 5.69 Å². The maximum absolute atomic E-state index is 13.1. The van der Waals surface area contributed by atoms with E-state index in [0.717, 1.165) is 28.4 Å². The van der Waals surface area contributed by atoms with Crippen LogP contribution in [0, 0.1) is 0 Å². The molecular formula is C21H15NO5. The van der Waals surface area contributed by atoms with E-state index >= 15 is 0 Å². The minimum atomic E-state index is -0.0777. The molecule has 3 aliphatic heterocycles. The van der Waals surface area contributed by atoms with E-state index in [1.54, 1.807) is 6.07 Å². The monoisotopic (exact) mass is 361 g/mol. The molecule has 3 aliphatic rings. The van der Waals surface area contributed by atoms with Crippen LogP contribution in [0.5, 0.6) is 23.0 Å². The van der Waals surface area contributed by atoms with Crippen LogP contribution in [0.15, 0.2) is 48.7 Å². The Kier molecular flexibility index (Phi) is 2.89. The summed E-state index contributed by atoms with van der Waals surface area (Å²) in [6.07, 6.45) is 2.35. The molecule has 134 valence electrons. The Morgan fingerprint density at radius 3 is 2.44 bits per heavy atom. The highest BCUT2D eigenvalue weighted by Crippen LogP contribution is 2.43. The van der Waals surface area contributed by atoms with E-state index in [9.17, 15) is 4.79 Å². The molecule has 2 aromatic carbocycles. The number of rotatable bonds is 1. The number of carbonyl (C=O) groups is 1. The van der Waals surface area contributed by atoms with Crippen molar-refractivity contribution in [1.82, 2.24) is 4.57 Å². The molecule has 0 bridgehead atoms. The standard InChI is InChI=1S/C21H15NO5/c23-17-7-13(12-3-4-18-19(6-12)25-10-24-18)15-2-1-5-22(15)16-9-21-20(8-14(16)17)26-11-27-21/h1-6,8-9,13H,7,10-11H2. The summed E-state index contributed by atoms with van der Waals surface area (Å²) < 4.78 is 24.0. The van der Waals surface area contributed by atoms with Gasteiger partial charge in [0.15, 0.2) is 28.8 Å². The molecule has 6 heteroatoms. The van der Waals surface area contributed by atoms with Crippen molar-refractivity contribution in [2.75, 3.05) is 13.6 Å². The average molecular weight is 361 g/mol. The van der Waals surface area contributed by atoms with Crippen LogP contribution in [0.4, 0.5) is 0 Å². The van der Waals surface area contributed by atoms with Gasteiger partial charge in [-0.1, -0.05) is 6.07 Å². The quantitative estimate of drug-likeness (QED) is 0.662. The highest BCUT2D eigenvalue weighted by molar-refractivity contribution is 6.01. The number of Topliss-reactive ketones (excluding diaryl/α,β-unsaturated/α-hetero) is 1. The summed E-state index contributed by atoms with van der Waals surface area (Å²) in [4.78, 5) is 13.1. The molecule has 0 fully saturated rings. The van der Waals surface area contributed by atoms with Crippen molar-refractivity contribution in [1.29, 1.82) is 0 Å². The van der Waals surface area contributed by atoms with Gasteiger partial charge in [0.2, 0.25) is 13.6 Å². The molecule has 0 amide bonds. The third-order valence-electron chi connectivity index (χ3n) is 5.38. The average Bonchev–Trinajstić information content (AvgIpc) is 3.42. The van der Waals surface area contributed by atoms with Crippen LogP contribution in [0.3, 0.4) is 0 Å². The SMILES string of the molecule is O=C1CC(c2ccc3c(c2)OCO3)c2cccn2-c2cc3c(cc21)OCO3. The minimum Gasteiger partial charge on any atom is -0.454 e. The molecule has 1 aromatic heterocycles. The Labute approximate surface area is 154 Å². The van der Waals surface area contributed by atoms with Crippen LogP contribution in [0.2, 0.25) is 0 Å². The van der Waals surface area contributed by atoms with Crippen molar-refractivity contribution in [3.63, 3.8) is 0 Å². The number of hydrogen-bond donors (Lipinski definition) is 0. The van der Waals surface area contributed by atoms with Gasteiger partial charge >= 0.3 is 0 Å². The van der Waals surface area contributed by atoms with Crippen LogP contribution in [-0.2, 0) is 0 Å². The van der Waals surface area contributed by atoms with E-state index in [0.29, 0.717) is 23.5 Å². The van der Waals surface area contributed by atoms with Gasteiger partial charge in [-0.05, 0) is 35.9 Å². The first-order valence-electron chi connectivity index (χ1n) is 8.82. The maximum Gasteiger partial charge on any atom is 0.231 e. The summed E-state index contributed by atoms with van der Waals surface area (Å²) in [5.74, 6) is 2.75. The lowest BCUT2D eigenvalue weighted by molar-refractivity contribution is 0.0979. The summed E-state index contributed by atoms with van der Waals surface area (Å²) >= 11 is 0. The van der Waals surface area contributed by atoms with Crippen molar-refractivity contribution >= 4 is 5.78 Å². The Bertz CT molecular complexity index is 1100. The van der Waals surface area contributed by atoms with E-state index < -0.39 is 0 Å². The zero-order valence-corrected chi connectivity index (χ0v) is 14.3. The van der Waals surface area contributed by atoms with Gasteiger partial charge in [-0.2, -0.15) is 0 Å². The van der Waals surface area contributed by atoms with Crippen LogP contribution < -0.4 is 18.9 Å². The first-order chi connectivity index (χ1) is 13.3. The van der Waals surface area contributed by atoms with Crippen molar-refractivity contribution in [3.8, 4) is 28.7 Å². The molecular weight excluding hydrogens is 346 g/mol. The second kappa shape index (κ2) is 5.30. The predicted molar refractivity (Wildman–Crippen MR) is 95.2 cm³/mol. The molecule has 0 saturated carbocycles. The molecule has 0 aliphatic carbocycles. The van der Waals surface area contributed by atoms with Crippen LogP contribution in [0.1, 0.15) is 34.0 Å². The van der Waals surface area contributed by atoms with Gasteiger partial charge in [0.1, 0.15) is 0 Å². The largest absolute Gasteiger partial charge is 0.454 e. The summed E-state index contributed by atoms with van der Waals surface area (Å²) in [5.41, 5.74) is 3.56. The topological polar surface area (TPSA) is 58.9 Å². The van der Waals surface area contributed by atoms with Crippen molar-refractivity contribution in [2.24, 2.45) is 0 Å². The van der Waals surface area contributed by atoms with Crippen LogP contribution >= 0.6 is 0 Å². The summed E-state index contributed by atoms with van der Waals surface area (Å²) in [6.45, 7) is 0.417. The fraction of sp³-hybridized carbons (Fsp3) is 0.190. The van der Waals surface area contributed by atoms with Gasteiger partial charge in [-0.3, -0.25) is 4.79 Å². The minimum absolute atomic E-state index is 0.0777. The van der Waals surface area contributed by atoms with E-state index in [1.807, 2.05) is 36.5 Å². The summed E-state index contributed by atoms with van der Waals surface area (Å²) in [7, 11) is 0. The van der Waals surface area contributed by atoms with E-state index in [1.165, 1.54) is 0 Å². The normalized spacial score (nSPS) is 18.8. The molecule has 6 nitrogen and oxygen atoms in total. The zero-order chi connectivity index (χ0) is 18.0. The van der Waals surface area contributed by atoms with Gasteiger partial charge in [0.25, 0.3) is 0 Å². The number of hydrogen-bond acceptors (Lipinski definition) is 5. The highest BCUT2D eigenvalue weighted by atomic mass is 16.7. The van der Waals surface area contributed by atoms with Gasteiger partial charge in [0.05, 0.1) is 5.69 Å². The lowest BCUT2D eigenvalue weighted by atomic mass is 9.89. The first-order valence-corrected chi connectivity index (χ1v) is 8.82. The zero-order valence-electron chi connectivity index (χ0n) is 14.3. The molecule has 0 spiro atoms. The van der Waals surface area contributed by atoms with Gasteiger partial charge in [0, 0.05) is 35.9 Å². The Hall–Kier alpha value is -3.41. The second-order valence-electron chi connectivity index (χ2n) is 6.82. The number of aromatic nitrogens is 1. The van der Waals surface area contributed by atoms with Gasteiger partial charge in [-0.25, -0.2) is 0 Å². The fourth-order valence-corrected chi connectivity index (χ4v) is 4.07. The number of nitrogens with zero attached hydrogens (tertiary/aromatic N) is 1. The molecule has 0 N–H and O–H groups in total. The Morgan fingerprint density at radius 2 is 1.59 bits per heavy atom. The highest BCUT2D eigenvalue weighted by Gasteiger charge is 2.31. The third-order valence-corrected chi connectivity index (χ3v) is 5.38. The second-order valence-corrected chi connectivity index (χ2v) is 6.82. The van der Waals surface area contributed by atoms with Gasteiger partial charge < -0.3 is 23.5 Å². The Balaban J connectivity index is 1.52. The van der Waals surface area contributed by atoms with Crippen LogP contribution in [-0.4, -0.2) is 23.9 Å². The molecule has 0 radical (unpaired) electrons. The van der Waals surface area contributed by atoms with Gasteiger partial charge in [-0.15, -0.1) is 0 Å². The maximum atomic E-state index is 13.1.